The minimum absolute atomic E-state index is 0.0167. The lowest BCUT2D eigenvalue weighted by Crippen LogP contribution is -2.28. The lowest BCUT2D eigenvalue weighted by molar-refractivity contribution is 0.0943. The highest BCUT2D eigenvalue weighted by Crippen LogP contribution is 2.21. The quantitative estimate of drug-likeness (QED) is 0.0414. The van der Waals surface area contributed by atoms with E-state index < -0.39 is 23.6 Å². The summed E-state index contributed by atoms with van der Waals surface area (Å²) >= 11 is 11.8. The molecule has 18 nitrogen and oxygen atoms in total. The first kappa shape index (κ1) is 41.6. The molecule has 57 heavy (non-hydrogen) atoms. The number of hydrogen-bond acceptors (Lipinski definition) is 8. The minimum atomic E-state index is -0.573. The number of hydrogen-bond donors (Lipinski definition) is 7. The van der Waals surface area contributed by atoms with Crippen LogP contribution in [-0.4, -0.2) is 90.0 Å². The number of amidine groups is 1. The number of nitrogens with zero attached hydrogens (tertiary/aromatic N) is 6. The van der Waals surface area contributed by atoms with Crippen LogP contribution in [0.1, 0.15) is 58.9 Å². The number of amides is 5. The largest absolute Gasteiger partial charge is 0.388 e. The fourth-order valence-corrected chi connectivity index (χ4v) is 6.29. The van der Waals surface area contributed by atoms with E-state index in [9.17, 15) is 24.0 Å². The summed E-state index contributed by atoms with van der Waals surface area (Å²) in [5, 5.41) is 20.9. The number of imidazole rings is 1. The fourth-order valence-electron chi connectivity index (χ4n) is 5.88. The Balaban J connectivity index is 1.17. The molecule has 0 aliphatic carbocycles. The van der Waals surface area contributed by atoms with E-state index in [-0.39, 0.29) is 47.7 Å². The molecule has 0 bridgehead atoms. The smallest absolute Gasteiger partial charge is 0.291 e. The van der Waals surface area contributed by atoms with Crippen molar-refractivity contribution >= 4 is 87.1 Å². The summed E-state index contributed by atoms with van der Waals surface area (Å²) < 4.78 is 6.10. The molecule has 1 aromatic carbocycles. The van der Waals surface area contributed by atoms with Gasteiger partial charge in [-0.1, -0.05) is 0 Å². The number of rotatable bonds is 17. The summed E-state index contributed by atoms with van der Waals surface area (Å²) in [5.74, 6) is -1.33. The van der Waals surface area contributed by atoms with E-state index in [0.29, 0.717) is 53.2 Å². The molecule has 0 atom stereocenters. The molecule has 300 valence electrons. The van der Waals surface area contributed by atoms with Crippen molar-refractivity contribution < 1.29 is 24.0 Å². The van der Waals surface area contributed by atoms with Gasteiger partial charge in [0.05, 0.1) is 22.9 Å². The molecule has 4 heterocycles. The van der Waals surface area contributed by atoms with Crippen molar-refractivity contribution in [1.29, 1.82) is 5.41 Å². The second-order valence-electron chi connectivity index (χ2n) is 13.0. The summed E-state index contributed by atoms with van der Waals surface area (Å²) in [4.78, 5) is 71.5. The lowest BCUT2D eigenvalue weighted by atomic mass is 10.2. The number of alkyl halides is 2. The van der Waals surface area contributed by atoms with Crippen LogP contribution in [0.25, 0.3) is 0 Å². The summed E-state index contributed by atoms with van der Waals surface area (Å²) in [7, 11) is 6.56. The van der Waals surface area contributed by atoms with Crippen LogP contribution in [0.5, 0.6) is 0 Å². The van der Waals surface area contributed by atoms with E-state index in [1.807, 2.05) is 17.0 Å². The molecule has 5 amide bonds. The molecular formula is C37H43Cl2N13O5. The molecule has 0 fully saturated rings. The maximum Gasteiger partial charge on any atom is 0.291 e. The van der Waals surface area contributed by atoms with Crippen LogP contribution in [-0.2, 0) is 28.2 Å². The van der Waals surface area contributed by atoms with Crippen molar-refractivity contribution in [1.82, 2.24) is 28.6 Å². The molecule has 8 N–H and O–H groups in total. The maximum atomic E-state index is 13.3. The van der Waals surface area contributed by atoms with Gasteiger partial charge in [0.2, 0.25) is 5.82 Å². The Morgan fingerprint density at radius 3 is 1.61 bits per heavy atom. The number of nitrogens with two attached hydrogens (primary N) is 1. The molecule has 0 saturated carbocycles. The van der Waals surface area contributed by atoms with E-state index in [1.54, 1.807) is 68.0 Å². The first-order valence-electron chi connectivity index (χ1n) is 17.5. The number of benzene rings is 1. The SMILES string of the molecule is Cn1cc(NC(=O)c2cc(NC(=O)c3cc(NC(=O)c4nc(NC(=O)c5ccc(N(CCCl)CCCl)cc5)cn4C)cn3C)cn2C)cc1C(=O)NCCC(=N)N. The van der Waals surface area contributed by atoms with Crippen LogP contribution in [0, 0.1) is 5.41 Å². The van der Waals surface area contributed by atoms with Crippen molar-refractivity contribution in [2.75, 3.05) is 57.6 Å². The van der Waals surface area contributed by atoms with Crippen molar-refractivity contribution in [3.8, 4) is 0 Å². The number of nitrogens with one attached hydrogen (secondary N) is 6. The van der Waals surface area contributed by atoms with Crippen LogP contribution in [0.4, 0.5) is 28.6 Å². The van der Waals surface area contributed by atoms with Gasteiger partial charge in [-0.2, -0.15) is 0 Å². The molecule has 0 spiro atoms. The lowest BCUT2D eigenvalue weighted by Gasteiger charge is -2.22. The first-order valence-corrected chi connectivity index (χ1v) is 18.6. The predicted octanol–water partition coefficient (Wildman–Crippen LogP) is 3.78. The summed E-state index contributed by atoms with van der Waals surface area (Å²) in [6, 6.07) is 11.5. The molecule has 0 radical (unpaired) electrons. The number of aromatic nitrogens is 5. The van der Waals surface area contributed by atoms with Crippen molar-refractivity contribution in [2.45, 2.75) is 6.42 Å². The maximum absolute atomic E-state index is 13.3. The molecular weight excluding hydrogens is 777 g/mol. The standard InChI is InChI=1S/C37H43Cl2N13O5/c1-48-18-23(15-27(48)34(54)42-12-9-30(40)41)43-35(55)28-16-24(19-49(28)2)44-36(56)29-17-25(20-50(29)3)45-37(57)32-46-31(21-51(32)4)47-33(53)22-5-7-26(8-6-22)52(13-10-38)14-11-39/h5-8,15-21H,9-14H2,1-4H3,(H3,40,41)(H,42,54)(H,43,55)(H,44,56)(H,45,57)(H,47,53). The Kier molecular flexibility index (Phi) is 13.4. The van der Waals surface area contributed by atoms with Gasteiger partial charge in [0.15, 0.2) is 5.82 Å². The minimum Gasteiger partial charge on any atom is -0.388 e. The van der Waals surface area contributed by atoms with Crippen LogP contribution in [0.3, 0.4) is 0 Å². The Bertz CT molecular complexity index is 2300. The molecule has 5 rings (SSSR count). The zero-order valence-electron chi connectivity index (χ0n) is 31.7. The Hall–Kier alpha value is -6.53. The molecule has 20 heteroatoms. The Morgan fingerprint density at radius 1 is 0.667 bits per heavy atom. The average Bonchev–Trinajstić information content (AvgIpc) is 3.92. The van der Waals surface area contributed by atoms with Crippen LogP contribution < -0.4 is 37.2 Å². The van der Waals surface area contributed by atoms with Gasteiger partial charge in [0, 0.05) is 102 Å². The number of aryl methyl sites for hydroxylation is 4. The van der Waals surface area contributed by atoms with E-state index in [0.717, 1.165) is 5.69 Å². The molecule has 4 aromatic heterocycles. The van der Waals surface area contributed by atoms with Gasteiger partial charge in [-0.05, 0) is 42.5 Å². The zero-order chi connectivity index (χ0) is 41.4. The van der Waals surface area contributed by atoms with E-state index >= 15 is 0 Å². The molecule has 0 saturated heterocycles. The second kappa shape index (κ2) is 18.4. The first-order chi connectivity index (χ1) is 27.2. The van der Waals surface area contributed by atoms with Crippen molar-refractivity contribution in [3.05, 3.63) is 95.7 Å². The third-order valence-electron chi connectivity index (χ3n) is 8.69. The van der Waals surface area contributed by atoms with Crippen molar-refractivity contribution in [2.24, 2.45) is 33.9 Å². The summed E-state index contributed by atoms with van der Waals surface area (Å²) in [6.07, 6.45) is 6.45. The van der Waals surface area contributed by atoms with Gasteiger partial charge < -0.3 is 55.5 Å². The number of carbonyl (C=O) groups excluding carboxylic acids is 5. The monoisotopic (exact) mass is 819 g/mol. The number of carbonyl (C=O) groups is 5. The van der Waals surface area contributed by atoms with Gasteiger partial charge >= 0.3 is 0 Å². The van der Waals surface area contributed by atoms with E-state index in [2.05, 4.69) is 31.6 Å². The van der Waals surface area contributed by atoms with E-state index in [1.165, 1.54) is 33.5 Å². The molecule has 5 aromatic rings. The third kappa shape index (κ3) is 10.4. The van der Waals surface area contributed by atoms with Crippen molar-refractivity contribution in [3.63, 3.8) is 0 Å². The molecule has 0 aliphatic rings. The van der Waals surface area contributed by atoms with Gasteiger partial charge in [-0.25, -0.2) is 4.98 Å². The third-order valence-corrected chi connectivity index (χ3v) is 9.03. The number of anilines is 5. The Morgan fingerprint density at radius 2 is 1.14 bits per heavy atom. The van der Waals surface area contributed by atoms with Gasteiger partial charge in [-0.15, -0.1) is 23.2 Å². The fraction of sp³-hybridized carbons (Fsp3) is 0.270. The highest BCUT2D eigenvalue weighted by molar-refractivity contribution is 6.18. The second-order valence-corrected chi connectivity index (χ2v) is 13.8. The highest BCUT2D eigenvalue weighted by atomic mass is 35.5. The topological polar surface area (TPSA) is 231 Å². The summed E-state index contributed by atoms with van der Waals surface area (Å²) in [6.45, 7) is 1.43. The number of halogens is 2. The Labute approximate surface area is 337 Å². The normalized spacial score (nSPS) is 10.8. The average molecular weight is 821 g/mol. The molecule has 0 aliphatic heterocycles. The highest BCUT2D eigenvalue weighted by Gasteiger charge is 2.21. The summed E-state index contributed by atoms with van der Waals surface area (Å²) in [5.41, 5.74) is 8.41. The van der Waals surface area contributed by atoms with Crippen LogP contribution >= 0.6 is 23.2 Å². The van der Waals surface area contributed by atoms with E-state index in [4.69, 9.17) is 34.3 Å². The van der Waals surface area contributed by atoms with Crippen LogP contribution in [0.2, 0.25) is 0 Å². The molecule has 0 unspecified atom stereocenters. The van der Waals surface area contributed by atoms with Crippen LogP contribution in [0.15, 0.2) is 67.3 Å². The van der Waals surface area contributed by atoms with Gasteiger partial charge in [0.25, 0.3) is 29.5 Å². The van der Waals surface area contributed by atoms with Gasteiger partial charge in [-0.3, -0.25) is 29.4 Å². The van der Waals surface area contributed by atoms with Gasteiger partial charge in [0.1, 0.15) is 17.1 Å². The predicted molar refractivity (Wildman–Crippen MR) is 220 cm³/mol. The zero-order valence-corrected chi connectivity index (χ0v) is 33.2.